The molecule has 1 atom stereocenters. The number of hydrogen-bond acceptors (Lipinski definition) is 2. The third kappa shape index (κ3) is 2.06. The predicted molar refractivity (Wildman–Crippen MR) is 36.6 cm³/mol. The highest BCUT2D eigenvalue weighted by atomic mass is 19.1. The molecule has 0 aromatic rings. The van der Waals surface area contributed by atoms with Crippen LogP contribution in [0.1, 0.15) is 13.3 Å². The summed E-state index contributed by atoms with van der Waals surface area (Å²) in [7, 11) is 0. The molecule has 1 saturated heterocycles. The summed E-state index contributed by atoms with van der Waals surface area (Å²) >= 11 is 0. The van der Waals surface area contributed by atoms with Gasteiger partial charge in [0.05, 0.1) is 6.54 Å². The summed E-state index contributed by atoms with van der Waals surface area (Å²) in [6.45, 7) is 3.13. The standard InChI is InChI=1S/C7H12FNO/c1-6(10)4-9-3-2-7(8)5-9/h7H,2-5H2,1H3. The average Bonchev–Trinajstić information content (AvgIpc) is 2.13. The molecule has 0 spiro atoms. The van der Waals surface area contributed by atoms with Crippen molar-refractivity contribution in [2.45, 2.75) is 19.5 Å². The van der Waals surface area contributed by atoms with Gasteiger partial charge in [-0.2, -0.15) is 0 Å². The van der Waals surface area contributed by atoms with E-state index in [1.807, 2.05) is 4.90 Å². The molecule has 3 heteroatoms. The molecule has 0 aromatic carbocycles. The van der Waals surface area contributed by atoms with Crippen LogP contribution < -0.4 is 0 Å². The molecule has 58 valence electrons. The lowest BCUT2D eigenvalue weighted by Crippen LogP contribution is -2.26. The van der Waals surface area contributed by atoms with Crippen LogP contribution in [0, 0.1) is 0 Å². The van der Waals surface area contributed by atoms with Crippen molar-refractivity contribution < 1.29 is 9.18 Å². The first-order valence-corrected chi connectivity index (χ1v) is 3.54. The number of nitrogens with zero attached hydrogens (tertiary/aromatic N) is 1. The number of alkyl halides is 1. The van der Waals surface area contributed by atoms with Crippen LogP contribution in [0.5, 0.6) is 0 Å². The van der Waals surface area contributed by atoms with Crippen LogP contribution in [-0.2, 0) is 4.79 Å². The first-order chi connectivity index (χ1) is 4.68. The number of likely N-dealkylation sites (tertiary alicyclic amines) is 1. The van der Waals surface area contributed by atoms with E-state index in [1.54, 1.807) is 0 Å². The van der Waals surface area contributed by atoms with E-state index in [2.05, 4.69) is 0 Å². The Hall–Kier alpha value is -0.440. The first kappa shape index (κ1) is 7.66. The highest BCUT2D eigenvalue weighted by Gasteiger charge is 2.21. The van der Waals surface area contributed by atoms with E-state index >= 15 is 0 Å². The molecule has 1 heterocycles. The van der Waals surface area contributed by atoms with Gasteiger partial charge in [0.2, 0.25) is 0 Å². The van der Waals surface area contributed by atoms with Gasteiger partial charge in [-0.25, -0.2) is 4.39 Å². The number of rotatable bonds is 2. The van der Waals surface area contributed by atoms with Crippen LogP contribution in [0.15, 0.2) is 0 Å². The number of carbonyl (C=O) groups is 1. The summed E-state index contributed by atoms with van der Waals surface area (Å²) in [4.78, 5) is 12.4. The van der Waals surface area contributed by atoms with Gasteiger partial charge in [0, 0.05) is 13.1 Å². The van der Waals surface area contributed by atoms with Gasteiger partial charge >= 0.3 is 0 Å². The van der Waals surface area contributed by atoms with Crippen LogP contribution in [-0.4, -0.2) is 36.5 Å². The number of ketones is 1. The van der Waals surface area contributed by atoms with Gasteiger partial charge in [-0.05, 0) is 13.3 Å². The lowest BCUT2D eigenvalue weighted by Gasteiger charge is -2.10. The second-order valence-electron chi connectivity index (χ2n) is 2.82. The summed E-state index contributed by atoms with van der Waals surface area (Å²) in [5.41, 5.74) is 0. The summed E-state index contributed by atoms with van der Waals surface area (Å²) in [5, 5.41) is 0. The van der Waals surface area contributed by atoms with Crippen molar-refractivity contribution in [1.82, 2.24) is 4.90 Å². The fraction of sp³-hybridized carbons (Fsp3) is 0.857. The molecule has 0 aliphatic carbocycles. The zero-order valence-electron chi connectivity index (χ0n) is 6.14. The molecular weight excluding hydrogens is 133 g/mol. The largest absolute Gasteiger partial charge is 0.299 e. The molecule has 0 aromatic heterocycles. The van der Waals surface area contributed by atoms with Gasteiger partial charge in [-0.1, -0.05) is 0 Å². The SMILES string of the molecule is CC(=O)CN1CCC(F)C1. The fourth-order valence-electron chi connectivity index (χ4n) is 1.24. The van der Waals surface area contributed by atoms with Crippen molar-refractivity contribution in [2.24, 2.45) is 0 Å². The molecule has 0 saturated carbocycles. The molecule has 0 bridgehead atoms. The number of Topliss-reactive ketones (excluding diaryl/α,β-unsaturated/α-hetero) is 1. The Labute approximate surface area is 60.0 Å². The van der Waals surface area contributed by atoms with Crippen LogP contribution in [0.25, 0.3) is 0 Å². The Bertz CT molecular complexity index is 138. The summed E-state index contributed by atoms with van der Waals surface area (Å²) in [5.74, 6) is 0.120. The van der Waals surface area contributed by atoms with Crippen molar-refractivity contribution in [3.05, 3.63) is 0 Å². The van der Waals surface area contributed by atoms with Gasteiger partial charge in [0.25, 0.3) is 0 Å². The Morgan fingerprint density at radius 1 is 1.80 bits per heavy atom. The van der Waals surface area contributed by atoms with Crippen LogP contribution in [0.3, 0.4) is 0 Å². The molecule has 0 N–H and O–H groups in total. The van der Waals surface area contributed by atoms with E-state index in [0.29, 0.717) is 19.5 Å². The van der Waals surface area contributed by atoms with Crippen molar-refractivity contribution in [2.75, 3.05) is 19.6 Å². The molecule has 10 heavy (non-hydrogen) atoms. The molecule has 1 aliphatic rings. The summed E-state index contributed by atoms with van der Waals surface area (Å²) in [6.07, 6.45) is -0.118. The maximum absolute atomic E-state index is 12.5. The number of halogens is 1. The van der Waals surface area contributed by atoms with Gasteiger partial charge in [0.1, 0.15) is 12.0 Å². The normalized spacial score (nSPS) is 27.2. The Balaban J connectivity index is 2.24. The Morgan fingerprint density at radius 2 is 2.50 bits per heavy atom. The number of hydrogen-bond donors (Lipinski definition) is 0. The minimum Gasteiger partial charge on any atom is -0.299 e. The third-order valence-electron chi connectivity index (χ3n) is 1.66. The Morgan fingerprint density at radius 3 is 2.90 bits per heavy atom. The van der Waals surface area contributed by atoms with E-state index in [0.717, 1.165) is 6.54 Å². The maximum atomic E-state index is 12.5. The molecule has 1 rings (SSSR count). The molecule has 0 amide bonds. The quantitative estimate of drug-likeness (QED) is 0.567. The van der Waals surface area contributed by atoms with Crippen LogP contribution >= 0.6 is 0 Å². The van der Waals surface area contributed by atoms with Crippen LogP contribution in [0.4, 0.5) is 4.39 Å². The summed E-state index contributed by atoms with van der Waals surface area (Å²) in [6, 6.07) is 0. The molecule has 1 fully saturated rings. The fourth-order valence-corrected chi connectivity index (χ4v) is 1.24. The minimum atomic E-state index is -0.709. The predicted octanol–water partition coefficient (Wildman–Crippen LogP) is 0.619. The van der Waals surface area contributed by atoms with E-state index < -0.39 is 6.17 Å². The van der Waals surface area contributed by atoms with Crippen molar-refractivity contribution in [3.8, 4) is 0 Å². The monoisotopic (exact) mass is 145 g/mol. The zero-order valence-corrected chi connectivity index (χ0v) is 6.14. The third-order valence-corrected chi connectivity index (χ3v) is 1.66. The molecule has 1 unspecified atom stereocenters. The highest BCUT2D eigenvalue weighted by molar-refractivity contribution is 5.77. The van der Waals surface area contributed by atoms with Crippen molar-refractivity contribution >= 4 is 5.78 Å². The van der Waals surface area contributed by atoms with Gasteiger partial charge < -0.3 is 0 Å². The topological polar surface area (TPSA) is 20.3 Å². The number of carbonyl (C=O) groups excluding carboxylic acids is 1. The smallest absolute Gasteiger partial charge is 0.143 e. The minimum absolute atomic E-state index is 0.120. The van der Waals surface area contributed by atoms with E-state index in [-0.39, 0.29) is 5.78 Å². The zero-order chi connectivity index (χ0) is 7.56. The maximum Gasteiger partial charge on any atom is 0.143 e. The van der Waals surface area contributed by atoms with Crippen LogP contribution in [0.2, 0.25) is 0 Å². The van der Waals surface area contributed by atoms with E-state index in [1.165, 1.54) is 6.92 Å². The molecule has 0 radical (unpaired) electrons. The van der Waals surface area contributed by atoms with E-state index in [9.17, 15) is 9.18 Å². The van der Waals surface area contributed by atoms with Gasteiger partial charge in [-0.3, -0.25) is 9.69 Å². The molecular formula is C7H12FNO. The second-order valence-corrected chi connectivity index (χ2v) is 2.82. The Kier molecular flexibility index (Phi) is 2.38. The lowest BCUT2D eigenvalue weighted by molar-refractivity contribution is -0.117. The van der Waals surface area contributed by atoms with Crippen molar-refractivity contribution in [3.63, 3.8) is 0 Å². The first-order valence-electron chi connectivity index (χ1n) is 3.54. The lowest BCUT2D eigenvalue weighted by atomic mass is 10.3. The second kappa shape index (κ2) is 3.10. The van der Waals surface area contributed by atoms with Gasteiger partial charge in [0.15, 0.2) is 0 Å². The molecule has 2 nitrogen and oxygen atoms in total. The average molecular weight is 145 g/mol. The van der Waals surface area contributed by atoms with E-state index in [4.69, 9.17) is 0 Å². The molecule has 1 aliphatic heterocycles. The van der Waals surface area contributed by atoms with Gasteiger partial charge in [-0.15, -0.1) is 0 Å². The van der Waals surface area contributed by atoms with Crippen molar-refractivity contribution in [1.29, 1.82) is 0 Å². The highest BCUT2D eigenvalue weighted by Crippen LogP contribution is 2.10. The summed E-state index contributed by atoms with van der Waals surface area (Å²) < 4.78 is 12.5.